The van der Waals surface area contributed by atoms with E-state index in [1.165, 1.54) is 4.90 Å². The summed E-state index contributed by atoms with van der Waals surface area (Å²) in [6.07, 6.45) is -3.86. The lowest BCUT2D eigenvalue weighted by atomic mass is 10.3. The number of carbonyl (C=O) groups excluding carboxylic acids is 1. The Morgan fingerprint density at radius 2 is 2.05 bits per heavy atom. The van der Waals surface area contributed by atoms with Gasteiger partial charge in [0.15, 0.2) is 0 Å². The number of halogens is 3. The lowest BCUT2D eigenvalue weighted by Crippen LogP contribution is -2.36. The number of pyridine rings is 1. The number of carboxylic acids is 1. The fourth-order valence-electron chi connectivity index (χ4n) is 1.47. The molecular weight excluding hydrogens is 291 g/mol. The molecule has 0 aliphatic heterocycles. The van der Waals surface area contributed by atoms with E-state index in [4.69, 9.17) is 5.11 Å². The van der Waals surface area contributed by atoms with Crippen LogP contribution >= 0.6 is 0 Å². The number of nitrogens with zero attached hydrogens (tertiary/aromatic N) is 2. The van der Waals surface area contributed by atoms with Gasteiger partial charge < -0.3 is 15.3 Å². The summed E-state index contributed by atoms with van der Waals surface area (Å²) < 4.78 is 37.0. The van der Waals surface area contributed by atoms with Crippen LogP contribution in [0.25, 0.3) is 0 Å². The molecule has 116 valence electrons. The van der Waals surface area contributed by atoms with Gasteiger partial charge in [-0.25, -0.2) is 9.78 Å². The van der Waals surface area contributed by atoms with Crippen LogP contribution in [0.4, 0.5) is 23.7 Å². The van der Waals surface area contributed by atoms with Crippen molar-refractivity contribution >= 4 is 17.7 Å². The summed E-state index contributed by atoms with van der Waals surface area (Å²) in [6.45, 7) is 1.94. The molecule has 21 heavy (non-hydrogen) atoms. The first-order chi connectivity index (χ1) is 9.74. The summed E-state index contributed by atoms with van der Waals surface area (Å²) in [5, 5.41) is 10.9. The second kappa shape index (κ2) is 6.91. The molecule has 0 aliphatic carbocycles. The Morgan fingerprint density at radius 1 is 1.38 bits per heavy atom. The highest BCUT2D eigenvalue weighted by atomic mass is 19.4. The van der Waals surface area contributed by atoms with E-state index in [0.29, 0.717) is 0 Å². The molecule has 0 unspecified atom stereocenters. The van der Waals surface area contributed by atoms with Crippen molar-refractivity contribution in [2.24, 2.45) is 0 Å². The molecule has 0 saturated carbocycles. The first kappa shape index (κ1) is 16.7. The molecule has 1 aromatic rings. The number of carboxylic acid groups (broad SMARTS) is 1. The lowest BCUT2D eigenvalue weighted by molar-refractivity contribution is -0.141. The number of rotatable bonds is 5. The molecule has 0 spiro atoms. The molecule has 1 aromatic heterocycles. The van der Waals surface area contributed by atoms with Crippen LogP contribution in [0.3, 0.4) is 0 Å². The zero-order chi connectivity index (χ0) is 16.0. The Balaban J connectivity index is 2.67. The molecule has 0 aliphatic rings. The summed E-state index contributed by atoms with van der Waals surface area (Å²) in [5.74, 6) is -1.04. The average Bonchev–Trinajstić information content (AvgIpc) is 2.38. The van der Waals surface area contributed by atoms with Crippen LogP contribution in [0.1, 0.15) is 19.0 Å². The average molecular weight is 305 g/mol. The second-order valence-electron chi connectivity index (χ2n) is 4.08. The maximum atomic E-state index is 12.3. The van der Waals surface area contributed by atoms with E-state index in [1.807, 2.05) is 0 Å². The molecule has 6 nitrogen and oxygen atoms in total. The topological polar surface area (TPSA) is 82.5 Å². The van der Waals surface area contributed by atoms with Crippen LogP contribution in [0.5, 0.6) is 0 Å². The Kier molecular flexibility index (Phi) is 5.51. The summed E-state index contributed by atoms with van der Waals surface area (Å²) in [7, 11) is 0. The van der Waals surface area contributed by atoms with Crippen molar-refractivity contribution in [2.45, 2.75) is 19.5 Å². The normalized spacial score (nSPS) is 11.0. The van der Waals surface area contributed by atoms with Crippen LogP contribution in [0, 0.1) is 0 Å². The number of urea groups is 1. The Bertz CT molecular complexity index is 503. The number of hydrogen-bond donors (Lipinski definition) is 2. The van der Waals surface area contributed by atoms with Crippen LogP contribution in [0.2, 0.25) is 0 Å². The van der Waals surface area contributed by atoms with Gasteiger partial charge in [0.1, 0.15) is 5.69 Å². The molecular formula is C12H14F3N3O3. The van der Waals surface area contributed by atoms with E-state index in [1.54, 1.807) is 6.92 Å². The molecule has 2 amide bonds. The van der Waals surface area contributed by atoms with E-state index in [-0.39, 0.29) is 25.2 Å². The minimum absolute atomic E-state index is 0.00568. The van der Waals surface area contributed by atoms with Gasteiger partial charge in [-0.05, 0) is 19.1 Å². The minimum atomic E-state index is -4.54. The largest absolute Gasteiger partial charge is 0.481 e. The third-order valence-electron chi connectivity index (χ3n) is 2.57. The predicted octanol–water partition coefficient (Wildman–Crippen LogP) is 2.43. The van der Waals surface area contributed by atoms with Crippen molar-refractivity contribution in [2.75, 3.05) is 18.4 Å². The maximum Gasteiger partial charge on any atom is 0.433 e. The van der Waals surface area contributed by atoms with Gasteiger partial charge in [0.25, 0.3) is 0 Å². The van der Waals surface area contributed by atoms with Gasteiger partial charge in [0.05, 0.1) is 18.3 Å². The standard InChI is InChI=1S/C12H14F3N3O3/c1-2-18(6-5-10(19)20)11(21)17-8-3-4-9(16-7-8)12(13,14)15/h3-4,7H,2,5-6H2,1H3,(H,17,21)(H,19,20). The molecule has 0 atom stereocenters. The number of amides is 2. The van der Waals surface area contributed by atoms with Crippen molar-refractivity contribution in [3.8, 4) is 0 Å². The second-order valence-corrected chi connectivity index (χ2v) is 4.08. The van der Waals surface area contributed by atoms with Crippen molar-refractivity contribution in [1.29, 1.82) is 0 Å². The molecule has 0 aromatic carbocycles. The fraction of sp³-hybridized carbons (Fsp3) is 0.417. The third kappa shape index (κ3) is 5.28. The highest BCUT2D eigenvalue weighted by molar-refractivity contribution is 5.89. The molecule has 0 fully saturated rings. The molecule has 1 rings (SSSR count). The van der Waals surface area contributed by atoms with E-state index >= 15 is 0 Å². The zero-order valence-corrected chi connectivity index (χ0v) is 11.1. The predicted molar refractivity (Wildman–Crippen MR) is 67.8 cm³/mol. The van der Waals surface area contributed by atoms with E-state index in [2.05, 4.69) is 10.3 Å². The number of nitrogens with one attached hydrogen (secondary N) is 1. The number of carbonyl (C=O) groups is 2. The number of aromatic nitrogens is 1. The van der Waals surface area contributed by atoms with Crippen molar-refractivity contribution in [3.63, 3.8) is 0 Å². The number of hydrogen-bond acceptors (Lipinski definition) is 3. The van der Waals surface area contributed by atoms with Crippen LogP contribution < -0.4 is 5.32 Å². The van der Waals surface area contributed by atoms with Crippen molar-refractivity contribution in [1.82, 2.24) is 9.88 Å². The van der Waals surface area contributed by atoms with Gasteiger partial charge in [0.2, 0.25) is 0 Å². The van der Waals surface area contributed by atoms with E-state index < -0.39 is 23.9 Å². The monoisotopic (exact) mass is 305 g/mol. The van der Waals surface area contributed by atoms with Crippen molar-refractivity contribution < 1.29 is 27.9 Å². The van der Waals surface area contributed by atoms with Gasteiger partial charge >= 0.3 is 18.2 Å². The first-order valence-electron chi connectivity index (χ1n) is 6.05. The van der Waals surface area contributed by atoms with Crippen molar-refractivity contribution in [3.05, 3.63) is 24.0 Å². The zero-order valence-electron chi connectivity index (χ0n) is 11.1. The molecule has 0 saturated heterocycles. The number of anilines is 1. The minimum Gasteiger partial charge on any atom is -0.481 e. The number of alkyl halides is 3. The summed E-state index contributed by atoms with van der Waals surface area (Å²) >= 11 is 0. The molecule has 1 heterocycles. The fourth-order valence-corrected chi connectivity index (χ4v) is 1.47. The quantitative estimate of drug-likeness (QED) is 0.875. The highest BCUT2D eigenvalue weighted by Crippen LogP contribution is 2.27. The highest BCUT2D eigenvalue weighted by Gasteiger charge is 2.32. The number of aliphatic carboxylic acids is 1. The Labute approximate surface area is 118 Å². The van der Waals surface area contributed by atoms with Gasteiger partial charge in [0, 0.05) is 13.1 Å². The molecule has 0 bridgehead atoms. The SMILES string of the molecule is CCN(CCC(=O)O)C(=O)Nc1ccc(C(F)(F)F)nc1. The van der Waals surface area contributed by atoms with E-state index in [0.717, 1.165) is 18.3 Å². The van der Waals surface area contributed by atoms with Gasteiger partial charge in [-0.2, -0.15) is 13.2 Å². The molecule has 9 heteroatoms. The van der Waals surface area contributed by atoms with Crippen LogP contribution in [-0.2, 0) is 11.0 Å². The summed E-state index contributed by atoms with van der Waals surface area (Å²) in [4.78, 5) is 26.7. The summed E-state index contributed by atoms with van der Waals surface area (Å²) in [6, 6.07) is 1.24. The third-order valence-corrected chi connectivity index (χ3v) is 2.57. The molecule has 0 radical (unpaired) electrons. The van der Waals surface area contributed by atoms with E-state index in [9.17, 15) is 22.8 Å². The Hall–Kier alpha value is -2.32. The van der Waals surface area contributed by atoms with Crippen LogP contribution in [0.15, 0.2) is 18.3 Å². The smallest absolute Gasteiger partial charge is 0.433 e. The summed E-state index contributed by atoms with van der Waals surface area (Å²) in [5.41, 5.74) is -0.958. The maximum absolute atomic E-state index is 12.3. The first-order valence-corrected chi connectivity index (χ1v) is 6.05. The van der Waals surface area contributed by atoms with Gasteiger partial charge in [-0.15, -0.1) is 0 Å². The Morgan fingerprint density at radius 3 is 2.48 bits per heavy atom. The molecule has 2 N–H and O–H groups in total. The van der Waals surface area contributed by atoms with Gasteiger partial charge in [-0.1, -0.05) is 0 Å². The van der Waals surface area contributed by atoms with Crippen LogP contribution in [-0.4, -0.2) is 40.1 Å². The lowest BCUT2D eigenvalue weighted by Gasteiger charge is -2.20. The van der Waals surface area contributed by atoms with Gasteiger partial charge in [-0.3, -0.25) is 4.79 Å².